The predicted molar refractivity (Wildman–Crippen MR) is 309 cm³/mol. The van der Waals surface area contributed by atoms with Crippen LogP contribution in [0.15, 0.2) is 63.3 Å². The van der Waals surface area contributed by atoms with Crippen LogP contribution in [0.1, 0.15) is 135 Å². The van der Waals surface area contributed by atoms with Gasteiger partial charge >= 0.3 is 11.9 Å². The van der Waals surface area contributed by atoms with E-state index in [-0.39, 0.29) is 161 Å². The monoisotopic (exact) mass is 1150 g/mol. The van der Waals surface area contributed by atoms with Crippen LogP contribution < -0.4 is 44.4 Å². The van der Waals surface area contributed by atoms with E-state index in [4.69, 9.17) is 37.4 Å². The van der Waals surface area contributed by atoms with E-state index in [0.29, 0.717) is 43.5 Å². The summed E-state index contributed by atoms with van der Waals surface area (Å²) in [5.41, 5.74) is 22.8. The van der Waals surface area contributed by atoms with Crippen molar-refractivity contribution in [1.29, 1.82) is 0 Å². The van der Waals surface area contributed by atoms with Gasteiger partial charge in [-0.1, -0.05) is 52.3 Å². The predicted octanol–water partition coefficient (Wildman–Crippen LogP) is 2.59. The second kappa shape index (κ2) is 29.7. The number of Topliss-reactive ketones (excluding diaryl/α,β-unsaturated/α-hetero) is 3. The summed E-state index contributed by atoms with van der Waals surface area (Å²) < 4.78 is 13.2. The van der Waals surface area contributed by atoms with Gasteiger partial charge in [0.15, 0.2) is 23.5 Å². The lowest BCUT2D eigenvalue weighted by Gasteiger charge is -2.36. The first-order chi connectivity index (χ1) is 39.6. The number of aliphatic imine (C=N–C) groups is 2. The molecule has 1 aromatic carbocycles. The number of benzene rings is 1. The third-order valence-electron chi connectivity index (χ3n) is 15.6. The summed E-state index contributed by atoms with van der Waals surface area (Å²) >= 11 is 0. The van der Waals surface area contributed by atoms with Gasteiger partial charge in [0.1, 0.15) is 12.4 Å². The van der Waals surface area contributed by atoms with Crippen molar-refractivity contribution in [2.24, 2.45) is 56.6 Å². The molecule has 5 heterocycles. The highest BCUT2D eigenvalue weighted by Crippen LogP contribution is 2.41. The number of hydrogen-bond acceptors (Lipinski definition) is 16. The minimum atomic E-state index is -1.95. The first-order valence-corrected chi connectivity index (χ1v) is 28.6. The topological polar surface area (TPSA) is 375 Å². The standard InChI is InChI=1S/C59H80N12O12/c1-6-36(55(80)83-59(7-2)43-29-46-52-40(25-37-15-10-11-17-44(37)69-52)32-71(46)54(79)42(43)33-82-56(59)81)26-41(72)31-64-30-39(34(3)4)28-47(73)35(5)67-53(78)38(16-13-22-65-57(60)61)27-48(74)45(18-14-23-66-58(62)63)68-49(75)19-9-8-12-24-70-50(76)20-21-51(70)77/h10-11,15,17,20-21,25,29,34-36,38-39,45,64H,6-9,12-14,16,18-19,22-24,26-28,30-33H2,1-5H3,(H,67,78)(H,68,75)(H4,60,61,65)(H4,62,63,66)/t35?,36?,38?,39?,45?,59-/m0/s1. The van der Waals surface area contributed by atoms with Gasteiger partial charge in [0, 0.05) is 79.9 Å². The highest BCUT2D eigenvalue weighted by Gasteiger charge is 2.51. The summed E-state index contributed by atoms with van der Waals surface area (Å²) in [6.07, 6.45) is 4.60. The SMILES string of the molecule is CCC(CC(=O)CNCC(CC(=O)C(C)NC(=O)C(CCCN=C(N)N)CC(=O)C(CCCN=C(N)N)NC(=O)CCCCCN1C(=O)C=CC1=O)C(C)C)C(=O)O[C@]1(CC)C(=O)OCc2c1cc1n(c2=O)Cc2cc3ccccc3nc2-1. The average molecular weight is 1150 g/mol. The van der Waals surface area contributed by atoms with Crippen LogP contribution in [0.2, 0.25) is 0 Å². The van der Waals surface area contributed by atoms with Crippen LogP contribution in [0, 0.1) is 23.7 Å². The molecular weight excluding hydrogens is 1070 g/mol. The number of guanidine groups is 2. The molecule has 3 aliphatic heterocycles. The van der Waals surface area contributed by atoms with Crippen LogP contribution in [0.5, 0.6) is 0 Å². The Kier molecular flexibility index (Phi) is 22.9. The number of imide groups is 1. The molecule has 0 spiro atoms. The number of ketones is 3. The van der Waals surface area contributed by atoms with Gasteiger partial charge in [-0.2, -0.15) is 0 Å². The second-order valence-corrected chi connectivity index (χ2v) is 21.9. The number of nitrogens with two attached hydrogens (primary N) is 4. The Labute approximate surface area is 482 Å². The molecule has 2 aromatic heterocycles. The number of carbonyl (C=O) groups is 9. The fourth-order valence-corrected chi connectivity index (χ4v) is 10.6. The van der Waals surface area contributed by atoms with Gasteiger partial charge in [0.25, 0.3) is 17.4 Å². The number of rotatable bonds is 34. The molecule has 3 aromatic rings. The van der Waals surface area contributed by atoms with Crippen LogP contribution in [0.25, 0.3) is 22.3 Å². The van der Waals surface area contributed by atoms with E-state index < -0.39 is 59.1 Å². The Morgan fingerprint density at radius 3 is 2.16 bits per heavy atom. The van der Waals surface area contributed by atoms with Gasteiger partial charge in [-0.05, 0) is 94.9 Å². The van der Waals surface area contributed by atoms with Crippen LogP contribution in [0.4, 0.5) is 0 Å². The average Bonchev–Trinajstić information content (AvgIpc) is 2.04. The summed E-state index contributed by atoms with van der Waals surface area (Å²) in [4.78, 5) is 148. The maximum absolute atomic E-state index is 14.1. The Hall–Kier alpha value is -8.15. The van der Waals surface area contributed by atoms with Gasteiger partial charge in [-0.15, -0.1) is 0 Å². The van der Waals surface area contributed by atoms with E-state index in [1.807, 2.05) is 44.2 Å². The first kappa shape index (κ1) is 64.0. The van der Waals surface area contributed by atoms with Gasteiger partial charge in [0.05, 0.1) is 53.6 Å². The normalized spacial score (nSPS) is 16.9. The van der Waals surface area contributed by atoms with Gasteiger partial charge in [-0.25, -0.2) is 9.78 Å². The number of nitrogens with one attached hydrogen (secondary N) is 3. The van der Waals surface area contributed by atoms with Crippen molar-refractivity contribution in [1.82, 2.24) is 30.4 Å². The summed E-state index contributed by atoms with van der Waals surface area (Å²) in [5, 5.41) is 9.66. The minimum absolute atomic E-state index is 0.0234. The third kappa shape index (κ3) is 16.8. The lowest BCUT2D eigenvalue weighted by atomic mass is 9.85. The molecule has 0 fully saturated rings. The number of fused-ring (bicyclic) bond motifs is 5. The molecule has 0 aliphatic carbocycles. The highest BCUT2D eigenvalue weighted by molar-refractivity contribution is 6.12. The number of aromatic nitrogens is 2. The number of carbonyl (C=O) groups excluding carboxylic acids is 9. The molecular formula is C59H80N12O12. The maximum atomic E-state index is 14.1. The highest BCUT2D eigenvalue weighted by atomic mass is 16.6. The Bertz CT molecular complexity index is 3070. The van der Waals surface area contributed by atoms with E-state index in [9.17, 15) is 47.9 Å². The molecule has 0 radical (unpaired) electrons. The van der Waals surface area contributed by atoms with E-state index in [1.165, 1.54) is 12.2 Å². The Balaban J connectivity index is 1.03. The van der Waals surface area contributed by atoms with Crippen molar-refractivity contribution in [3.05, 3.63) is 75.6 Å². The second-order valence-electron chi connectivity index (χ2n) is 21.9. The molecule has 83 heavy (non-hydrogen) atoms. The van der Waals surface area contributed by atoms with Crippen LogP contribution in [-0.2, 0) is 71.4 Å². The molecule has 0 saturated heterocycles. The van der Waals surface area contributed by atoms with Gasteiger partial charge in [-0.3, -0.25) is 58.0 Å². The third-order valence-corrected chi connectivity index (χ3v) is 15.6. The van der Waals surface area contributed by atoms with Crippen molar-refractivity contribution >= 4 is 75.7 Å². The summed E-state index contributed by atoms with van der Waals surface area (Å²) in [5.74, 6) is -6.86. The van der Waals surface area contributed by atoms with Gasteiger partial charge < -0.3 is 52.9 Å². The lowest BCUT2D eigenvalue weighted by molar-refractivity contribution is -0.192. The zero-order valence-corrected chi connectivity index (χ0v) is 48.2. The maximum Gasteiger partial charge on any atom is 0.355 e. The Morgan fingerprint density at radius 1 is 0.807 bits per heavy atom. The molecule has 0 bridgehead atoms. The van der Waals surface area contributed by atoms with E-state index >= 15 is 0 Å². The quantitative estimate of drug-likeness (QED) is 0.0116. The van der Waals surface area contributed by atoms with Crippen molar-refractivity contribution in [3.8, 4) is 11.4 Å². The van der Waals surface area contributed by atoms with E-state index in [1.54, 1.807) is 31.4 Å². The summed E-state index contributed by atoms with van der Waals surface area (Å²) in [6, 6.07) is 9.31. The fraction of sp³-hybridized carbons (Fsp3) is 0.542. The number of cyclic esters (lactones) is 1. The minimum Gasteiger partial charge on any atom is -0.457 e. The largest absolute Gasteiger partial charge is 0.457 e. The van der Waals surface area contributed by atoms with E-state index in [2.05, 4.69) is 25.9 Å². The molecule has 0 saturated carbocycles. The smallest absolute Gasteiger partial charge is 0.355 e. The van der Waals surface area contributed by atoms with Crippen molar-refractivity contribution in [3.63, 3.8) is 0 Å². The Morgan fingerprint density at radius 2 is 1.49 bits per heavy atom. The van der Waals surface area contributed by atoms with E-state index in [0.717, 1.165) is 21.4 Å². The number of pyridine rings is 2. The number of hydrogen-bond donors (Lipinski definition) is 7. The lowest BCUT2D eigenvalue weighted by Crippen LogP contribution is -2.48. The summed E-state index contributed by atoms with van der Waals surface area (Å²) in [6.45, 7) is 9.45. The number of amides is 4. The van der Waals surface area contributed by atoms with Crippen molar-refractivity contribution < 1.29 is 52.6 Å². The van der Waals surface area contributed by atoms with Crippen molar-refractivity contribution in [2.75, 3.05) is 32.7 Å². The van der Waals surface area contributed by atoms with Crippen LogP contribution in [0.3, 0.4) is 0 Å². The molecule has 5 unspecified atom stereocenters. The molecule has 6 atom stereocenters. The zero-order chi connectivity index (χ0) is 60.5. The number of ether oxygens (including phenoxy) is 2. The number of esters is 2. The first-order valence-electron chi connectivity index (χ1n) is 28.6. The van der Waals surface area contributed by atoms with Crippen LogP contribution >= 0.6 is 0 Å². The zero-order valence-electron chi connectivity index (χ0n) is 48.2. The molecule has 24 nitrogen and oxygen atoms in total. The molecule has 4 amide bonds. The molecule has 11 N–H and O–H groups in total. The van der Waals surface area contributed by atoms with Gasteiger partial charge in [0.2, 0.25) is 17.4 Å². The summed E-state index contributed by atoms with van der Waals surface area (Å²) in [7, 11) is 0. The number of para-hydroxylation sites is 1. The molecule has 24 heteroatoms. The number of nitrogens with zero attached hydrogens (tertiary/aromatic N) is 5. The fourth-order valence-electron chi connectivity index (χ4n) is 10.6. The van der Waals surface area contributed by atoms with Crippen LogP contribution in [-0.4, -0.2) is 124 Å². The molecule has 3 aliphatic rings. The molecule has 448 valence electrons. The number of unbranched alkanes of at least 4 members (excludes halogenated alkanes) is 2. The molecule has 6 rings (SSSR count). The van der Waals surface area contributed by atoms with Crippen molar-refractivity contribution in [2.45, 2.75) is 149 Å².